The quantitative estimate of drug-likeness (QED) is 0.831. The largest absolute Gasteiger partial charge is 0.356 e. The third-order valence-corrected chi connectivity index (χ3v) is 3.22. The molecular formula is C12H20N4. The molecule has 2 heterocycles. The Morgan fingerprint density at radius 3 is 2.75 bits per heavy atom. The van der Waals surface area contributed by atoms with E-state index >= 15 is 0 Å². The van der Waals surface area contributed by atoms with Crippen LogP contribution in [0.3, 0.4) is 0 Å². The Balaban J connectivity index is 1.94. The van der Waals surface area contributed by atoms with Crippen LogP contribution in [0.25, 0.3) is 0 Å². The highest BCUT2D eigenvalue weighted by molar-refractivity contribution is 5.38. The van der Waals surface area contributed by atoms with Gasteiger partial charge in [-0.25, -0.2) is 9.97 Å². The van der Waals surface area contributed by atoms with E-state index in [0.29, 0.717) is 0 Å². The summed E-state index contributed by atoms with van der Waals surface area (Å²) in [5.74, 6) is 1.90. The summed E-state index contributed by atoms with van der Waals surface area (Å²) in [4.78, 5) is 10.8. The van der Waals surface area contributed by atoms with Gasteiger partial charge < -0.3 is 10.2 Å². The second-order valence-electron chi connectivity index (χ2n) is 4.51. The predicted octanol–water partition coefficient (Wildman–Crippen LogP) is 1.22. The number of anilines is 1. The molecule has 1 N–H and O–H groups in total. The van der Waals surface area contributed by atoms with Crippen molar-refractivity contribution in [3.05, 3.63) is 18.1 Å². The van der Waals surface area contributed by atoms with Crippen LogP contribution in [0, 0.1) is 12.8 Å². The number of piperidine rings is 1. The summed E-state index contributed by atoms with van der Waals surface area (Å²) in [6.45, 7) is 5.38. The standard InChI is InChI=1S/C12H20N4/c1-10-7-12(15-9-14-10)16-5-3-11(4-6-16)8-13-2/h7,9,11,13H,3-6,8H2,1-2H3. The Kier molecular flexibility index (Phi) is 3.72. The maximum atomic E-state index is 4.33. The van der Waals surface area contributed by atoms with Crippen LogP contribution in [0.2, 0.25) is 0 Å². The Morgan fingerprint density at radius 1 is 1.38 bits per heavy atom. The lowest BCUT2D eigenvalue weighted by Gasteiger charge is -2.32. The van der Waals surface area contributed by atoms with Crippen LogP contribution in [0.4, 0.5) is 5.82 Å². The highest BCUT2D eigenvalue weighted by atomic mass is 15.2. The highest BCUT2D eigenvalue weighted by Gasteiger charge is 2.19. The number of rotatable bonds is 3. The minimum atomic E-state index is 0.823. The van der Waals surface area contributed by atoms with Crippen LogP contribution in [-0.4, -0.2) is 36.6 Å². The second-order valence-corrected chi connectivity index (χ2v) is 4.51. The number of nitrogens with one attached hydrogen (secondary N) is 1. The molecule has 1 aromatic heterocycles. The lowest BCUT2D eigenvalue weighted by molar-refractivity contribution is 0.392. The molecule has 4 heteroatoms. The maximum absolute atomic E-state index is 4.33. The van der Waals surface area contributed by atoms with E-state index in [1.807, 2.05) is 14.0 Å². The van der Waals surface area contributed by atoms with Crippen LogP contribution in [0.15, 0.2) is 12.4 Å². The van der Waals surface area contributed by atoms with Crippen molar-refractivity contribution in [1.82, 2.24) is 15.3 Å². The zero-order chi connectivity index (χ0) is 11.4. The van der Waals surface area contributed by atoms with Gasteiger partial charge in [0.2, 0.25) is 0 Å². The van der Waals surface area contributed by atoms with E-state index in [0.717, 1.165) is 37.1 Å². The van der Waals surface area contributed by atoms with Gasteiger partial charge in [0.05, 0.1) is 0 Å². The van der Waals surface area contributed by atoms with Crippen LogP contribution >= 0.6 is 0 Å². The summed E-state index contributed by atoms with van der Waals surface area (Å²) < 4.78 is 0. The summed E-state index contributed by atoms with van der Waals surface area (Å²) in [6, 6.07) is 2.07. The first kappa shape index (κ1) is 11.3. The van der Waals surface area contributed by atoms with E-state index in [9.17, 15) is 0 Å². The van der Waals surface area contributed by atoms with E-state index in [4.69, 9.17) is 0 Å². The Labute approximate surface area is 97.1 Å². The molecular weight excluding hydrogens is 200 g/mol. The zero-order valence-corrected chi connectivity index (χ0v) is 10.1. The van der Waals surface area contributed by atoms with Gasteiger partial charge in [-0.1, -0.05) is 0 Å². The Morgan fingerprint density at radius 2 is 2.12 bits per heavy atom. The fourth-order valence-electron chi connectivity index (χ4n) is 2.27. The average molecular weight is 220 g/mol. The van der Waals surface area contributed by atoms with E-state index in [2.05, 4.69) is 26.3 Å². The van der Waals surface area contributed by atoms with E-state index < -0.39 is 0 Å². The van der Waals surface area contributed by atoms with Gasteiger partial charge >= 0.3 is 0 Å². The third kappa shape index (κ3) is 2.70. The molecule has 1 aliphatic heterocycles. The molecule has 0 amide bonds. The molecule has 0 aliphatic carbocycles. The van der Waals surface area contributed by atoms with Gasteiger partial charge in [0.25, 0.3) is 0 Å². The Bertz CT molecular complexity index is 332. The monoisotopic (exact) mass is 220 g/mol. The average Bonchev–Trinajstić information content (AvgIpc) is 2.30. The molecule has 0 aromatic carbocycles. The fraction of sp³-hybridized carbons (Fsp3) is 0.667. The number of hydrogen-bond donors (Lipinski definition) is 1. The van der Waals surface area contributed by atoms with Gasteiger partial charge in [0.1, 0.15) is 12.1 Å². The summed E-state index contributed by atoms with van der Waals surface area (Å²) in [5, 5.41) is 3.26. The van der Waals surface area contributed by atoms with Gasteiger partial charge in [-0.15, -0.1) is 0 Å². The van der Waals surface area contributed by atoms with Crippen molar-refractivity contribution in [1.29, 1.82) is 0 Å². The first-order chi connectivity index (χ1) is 7.79. The normalized spacial score (nSPS) is 17.8. The van der Waals surface area contributed by atoms with E-state index in [1.54, 1.807) is 6.33 Å². The molecule has 0 bridgehead atoms. The molecule has 16 heavy (non-hydrogen) atoms. The van der Waals surface area contributed by atoms with E-state index in [-0.39, 0.29) is 0 Å². The van der Waals surface area contributed by atoms with Crippen molar-refractivity contribution in [2.45, 2.75) is 19.8 Å². The van der Waals surface area contributed by atoms with Gasteiger partial charge in [-0.05, 0) is 39.3 Å². The minimum absolute atomic E-state index is 0.823. The molecule has 1 fully saturated rings. The summed E-state index contributed by atoms with van der Waals surface area (Å²) in [5.41, 5.74) is 1.04. The van der Waals surface area contributed by atoms with Crippen molar-refractivity contribution >= 4 is 5.82 Å². The molecule has 0 radical (unpaired) electrons. The summed E-state index contributed by atoms with van der Waals surface area (Å²) in [7, 11) is 2.03. The van der Waals surface area contributed by atoms with Crippen LogP contribution < -0.4 is 10.2 Å². The van der Waals surface area contributed by atoms with Gasteiger partial charge in [0.15, 0.2) is 0 Å². The molecule has 1 saturated heterocycles. The van der Waals surface area contributed by atoms with Crippen molar-refractivity contribution in [3.8, 4) is 0 Å². The molecule has 0 spiro atoms. The highest BCUT2D eigenvalue weighted by Crippen LogP contribution is 2.21. The number of nitrogens with zero attached hydrogens (tertiary/aromatic N) is 3. The molecule has 2 rings (SSSR count). The first-order valence-corrected chi connectivity index (χ1v) is 5.98. The third-order valence-electron chi connectivity index (χ3n) is 3.22. The molecule has 4 nitrogen and oxygen atoms in total. The second kappa shape index (κ2) is 5.25. The van der Waals surface area contributed by atoms with Gasteiger partial charge in [-0.2, -0.15) is 0 Å². The molecule has 1 aromatic rings. The molecule has 0 saturated carbocycles. The minimum Gasteiger partial charge on any atom is -0.356 e. The first-order valence-electron chi connectivity index (χ1n) is 5.98. The topological polar surface area (TPSA) is 41.0 Å². The maximum Gasteiger partial charge on any atom is 0.132 e. The summed E-state index contributed by atoms with van der Waals surface area (Å²) >= 11 is 0. The zero-order valence-electron chi connectivity index (χ0n) is 10.1. The van der Waals surface area contributed by atoms with Crippen LogP contribution in [0.5, 0.6) is 0 Å². The van der Waals surface area contributed by atoms with Crippen LogP contribution in [0.1, 0.15) is 18.5 Å². The Hall–Kier alpha value is -1.16. The lowest BCUT2D eigenvalue weighted by atomic mass is 9.97. The smallest absolute Gasteiger partial charge is 0.132 e. The van der Waals surface area contributed by atoms with Gasteiger partial charge in [0, 0.05) is 24.8 Å². The number of aromatic nitrogens is 2. The fourth-order valence-corrected chi connectivity index (χ4v) is 2.27. The number of hydrogen-bond acceptors (Lipinski definition) is 4. The van der Waals surface area contributed by atoms with Crippen LogP contribution in [-0.2, 0) is 0 Å². The van der Waals surface area contributed by atoms with E-state index in [1.165, 1.54) is 12.8 Å². The number of aryl methyl sites for hydroxylation is 1. The van der Waals surface area contributed by atoms with Crippen molar-refractivity contribution < 1.29 is 0 Å². The molecule has 0 atom stereocenters. The van der Waals surface area contributed by atoms with Crippen molar-refractivity contribution in [2.24, 2.45) is 5.92 Å². The SMILES string of the molecule is CNCC1CCN(c2cc(C)ncn2)CC1. The summed E-state index contributed by atoms with van der Waals surface area (Å²) in [6.07, 6.45) is 4.16. The predicted molar refractivity (Wildman–Crippen MR) is 65.6 cm³/mol. The lowest BCUT2D eigenvalue weighted by Crippen LogP contribution is -2.37. The molecule has 88 valence electrons. The van der Waals surface area contributed by atoms with Crippen molar-refractivity contribution in [2.75, 3.05) is 31.6 Å². The van der Waals surface area contributed by atoms with Crippen molar-refractivity contribution in [3.63, 3.8) is 0 Å². The van der Waals surface area contributed by atoms with Gasteiger partial charge in [-0.3, -0.25) is 0 Å². The molecule has 0 unspecified atom stereocenters. The molecule has 1 aliphatic rings.